The van der Waals surface area contributed by atoms with Gasteiger partial charge in [0.15, 0.2) is 0 Å². The minimum atomic E-state index is -0.587. The molecule has 58 valence electrons. The van der Waals surface area contributed by atoms with E-state index in [2.05, 4.69) is 9.99 Å². The summed E-state index contributed by atoms with van der Waals surface area (Å²) in [4.78, 5) is 14.7. The molecule has 0 aromatic heterocycles. The molecule has 0 aromatic carbocycles. The van der Waals surface area contributed by atoms with Gasteiger partial charge in [-0.25, -0.2) is 0 Å². The molecular formula is C6H12N2O2. The number of hydrogen-bond acceptors (Lipinski definition) is 3. The Morgan fingerprint density at radius 1 is 1.80 bits per heavy atom. The minimum absolute atomic E-state index is 0.542. The SMILES string of the molecule is CCCCON=CC(N)=O. The number of oxime groups is 1. The zero-order valence-corrected chi connectivity index (χ0v) is 6.04. The van der Waals surface area contributed by atoms with Crippen LogP contribution >= 0.6 is 0 Å². The highest BCUT2D eigenvalue weighted by Crippen LogP contribution is 1.86. The molecule has 0 aromatic rings. The summed E-state index contributed by atoms with van der Waals surface area (Å²) in [5.74, 6) is -0.587. The fraction of sp³-hybridized carbons (Fsp3) is 0.667. The van der Waals surface area contributed by atoms with Gasteiger partial charge in [-0.2, -0.15) is 0 Å². The van der Waals surface area contributed by atoms with Crippen molar-refractivity contribution in [3.8, 4) is 0 Å². The van der Waals surface area contributed by atoms with E-state index in [1.54, 1.807) is 0 Å². The van der Waals surface area contributed by atoms with Crippen LogP contribution in [0.3, 0.4) is 0 Å². The topological polar surface area (TPSA) is 64.7 Å². The van der Waals surface area contributed by atoms with E-state index in [9.17, 15) is 4.79 Å². The van der Waals surface area contributed by atoms with Crippen molar-refractivity contribution in [3.63, 3.8) is 0 Å². The Balaban J connectivity index is 3.10. The van der Waals surface area contributed by atoms with Crippen molar-refractivity contribution in [2.75, 3.05) is 6.61 Å². The predicted octanol–water partition coefficient (Wildman–Crippen LogP) is 0.274. The number of amides is 1. The molecule has 0 unspecified atom stereocenters. The number of nitrogens with two attached hydrogens (primary N) is 1. The number of carbonyl (C=O) groups excluding carboxylic acids is 1. The maximum atomic E-state index is 10.0. The number of carbonyl (C=O) groups is 1. The van der Waals surface area contributed by atoms with Crippen LogP contribution < -0.4 is 5.73 Å². The van der Waals surface area contributed by atoms with Gasteiger partial charge in [-0.05, 0) is 6.42 Å². The fourth-order valence-electron chi connectivity index (χ4n) is 0.351. The van der Waals surface area contributed by atoms with Crippen LogP contribution in [0.2, 0.25) is 0 Å². The highest BCUT2D eigenvalue weighted by molar-refractivity contribution is 6.25. The predicted molar refractivity (Wildman–Crippen MR) is 38.5 cm³/mol. The summed E-state index contributed by atoms with van der Waals surface area (Å²) in [5.41, 5.74) is 4.74. The van der Waals surface area contributed by atoms with E-state index in [1.807, 2.05) is 6.92 Å². The number of unbranched alkanes of at least 4 members (excludes halogenated alkanes) is 1. The third kappa shape index (κ3) is 6.94. The highest BCUT2D eigenvalue weighted by atomic mass is 16.6. The number of hydrogen-bond donors (Lipinski definition) is 1. The minimum Gasteiger partial charge on any atom is -0.396 e. The highest BCUT2D eigenvalue weighted by Gasteiger charge is 1.84. The zero-order chi connectivity index (χ0) is 7.82. The number of primary amides is 1. The van der Waals surface area contributed by atoms with Gasteiger partial charge in [-0.1, -0.05) is 18.5 Å². The summed E-state index contributed by atoms with van der Waals surface area (Å²) in [7, 11) is 0. The molecule has 0 bridgehead atoms. The molecule has 0 atom stereocenters. The molecular weight excluding hydrogens is 132 g/mol. The van der Waals surface area contributed by atoms with Gasteiger partial charge in [0.25, 0.3) is 5.91 Å². The Morgan fingerprint density at radius 2 is 2.50 bits per heavy atom. The smallest absolute Gasteiger partial charge is 0.263 e. The molecule has 0 saturated heterocycles. The molecule has 0 aliphatic carbocycles. The Morgan fingerprint density at radius 3 is 3.00 bits per heavy atom. The first-order valence-corrected chi connectivity index (χ1v) is 3.22. The van der Waals surface area contributed by atoms with Crippen molar-refractivity contribution >= 4 is 12.1 Å². The van der Waals surface area contributed by atoms with E-state index in [0.29, 0.717) is 6.61 Å². The third-order valence-corrected chi connectivity index (χ3v) is 0.844. The lowest BCUT2D eigenvalue weighted by atomic mass is 10.4. The summed E-state index contributed by atoms with van der Waals surface area (Å²) < 4.78 is 0. The van der Waals surface area contributed by atoms with Gasteiger partial charge in [0.1, 0.15) is 12.8 Å². The maximum absolute atomic E-state index is 10.0. The second-order valence-electron chi connectivity index (χ2n) is 1.82. The molecule has 0 heterocycles. The molecule has 4 nitrogen and oxygen atoms in total. The van der Waals surface area contributed by atoms with Gasteiger partial charge in [0.05, 0.1) is 0 Å². The summed E-state index contributed by atoms with van der Waals surface area (Å²) in [6, 6.07) is 0. The zero-order valence-electron chi connectivity index (χ0n) is 6.04. The lowest BCUT2D eigenvalue weighted by molar-refractivity contribution is -0.111. The Labute approximate surface area is 60.0 Å². The first-order valence-electron chi connectivity index (χ1n) is 3.22. The van der Waals surface area contributed by atoms with E-state index in [4.69, 9.17) is 5.73 Å². The second kappa shape index (κ2) is 6.07. The fourth-order valence-corrected chi connectivity index (χ4v) is 0.351. The van der Waals surface area contributed by atoms with Crippen molar-refractivity contribution in [2.45, 2.75) is 19.8 Å². The Kier molecular flexibility index (Phi) is 5.42. The van der Waals surface area contributed by atoms with Crippen LogP contribution in [0.15, 0.2) is 5.16 Å². The average Bonchev–Trinajstić information content (AvgIpc) is 1.87. The van der Waals surface area contributed by atoms with Gasteiger partial charge in [-0.3, -0.25) is 4.79 Å². The summed E-state index contributed by atoms with van der Waals surface area (Å²) in [5, 5.41) is 3.31. The first-order chi connectivity index (χ1) is 4.77. The van der Waals surface area contributed by atoms with Crippen LogP contribution in [-0.4, -0.2) is 18.7 Å². The molecule has 2 N–H and O–H groups in total. The molecule has 0 aliphatic heterocycles. The molecule has 0 spiro atoms. The number of nitrogens with zero attached hydrogens (tertiary/aromatic N) is 1. The standard InChI is InChI=1S/C6H12N2O2/c1-2-3-4-10-8-5-6(7)9/h5H,2-4H2,1H3,(H2,7,9). The van der Waals surface area contributed by atoms with Crippen LogP contribution in [0.1, 0.15) is 19.8 Å². The van der Waals surface area contributed by atoms with E-state index in [1.165, 1.54) is 0 Å². The molecule has 0 fully saturated rings. The summed E-state index contributed by atoms with van der Waals surface area (Å²) in [6.45, 7) is 2.58. The number of rotatable bonds is 5. The molecule has 0 aliphatic rings. The maximum Gasteiger partial charge on any atom is 0.263 e. The third-order valence-electron chi connectivity index (χ3n) is 0.844. The van der Waals surface area contributed by atoms with Gasteiger partial charge >= 0.3 is 0 Å². The Hall–Kier alpha value is -1.06. The van der Waals surface area contributed by atoms with Crippen LogP contribution in [0.4, 0.5) is 0 Å². The van der Waals surface area contributed by atoms with Crippen LogP contribution in [0.5, 0.6) is 0 Å². The van der Waals surface area contributed by atoms with E-state index in [-0.39, 0.29) is 0 Å². The van der Waals surface area contributed by atoms with Crippen molar-refractivity contribution in [2.24, 2.45) is 10.9 Å². The average molecular weight is 144 g/mol. The lowest BCUT2D eigenvalue weighted by Gasteiger charge is -1.93. The van der Waals surface area contributed by atoms with E-state index >= 15 is 0 Å². The molecule has 4 heteroatoms. The molecule has 0 saturated carbocycles. The summed E-state index contributed by atoms with van der Waals surface area (Å²) in [6.07, 6.45) is 2.94. The van der Waals surface area contributed by atoms with Gasteiger partial charge in [0, 0.05) is 0 Å². The Bertz CT molecular complexity index is 123. The van der Waals surface area contributed by atoms with Crippen LogP contribution in [0, 0.1) is 0 Å². The van der Waals surface area contributed by atoms with Crippen molar-refractivity contribution in [1.82, 2.24) is 0 Å². The molecule has 0 radical (unpaired) electrons. The van der Waals surface area contributed by atoms with Gasteiger partial charge < -0.3 is 10.6 Å². The quantitative estimate of drug-likeness (QED) is 0.342. The van der Waals surface area contributed by atoms with Crippen LogP contribution in [0.25, 0.3) is 0 Å². The molecule has 10 heavy (non-hydrogen) atoms. The monoisotopic (exact) mass is 144 g/mol. The first kappa shape index (κ1) is 8.94. The van der Waals surface area contributed by atoms with Gasteiger partial charge in [-0.15, -0.1) is 0 Å². The molecule has 1 amide bonds. The largest absolute Gasteiger partial charge is 0.396 e. The lowest BCUT2D eigenvalue weighted by Crippen LogP contribution is -2.11. The van der Waals surface area contributed by atoms with Crippen molar-refractivity contribution in [3.05, 3.63) is 0 Å². The van der Waals surface area contributed by atoms with Crippen molar-refractivity contribution in [1.29, 1.82) is 0 Å². The van der Waals surface area contributed by atoms with Gasteiger partial charge in [0.2, 0.25) is 0 Å². The van der Waals surface area contributed by atoms with Crippen molar-refractivity contribution < 1.29 is 9.63 Å². The van der Waals surface area contributed by atoms with E-state index in [0.717, 1.165) is 19.1 Å². The summed E-state index contributed by atoms with van der Waals surface area (Å²) >= 11 is 0. The van der Waals surface area contributed by atoms with E-state index < -0.39 is 5.91 Å². The molecule has 0 rings (SSSR count). The normalized spacial score (nSPS) is 10.1. The second-order valence-corrected chi connectivity index (χ2v) is 1.82. The van der Waals surface area contributed by atoms with Crippen LogP contribution in [-0.2, 0) is 9.63 Å².